The molecule has 0 unspecified atom stereocenters. The van der Waals surface area contributed by atoms with Gasteiger partial charge in [0.2, 0.25) is 0 Å². The fourth-order valence-electron chi connectivity index (χ4n) is 1.66. The first-order valence-corrected chi connectivity index (χ1v) is 6.15. The number of ether oxygens (including phenoxy) is 2. The zero-order valence-electron chi connectivity index (χ0n) is 10.7. The average Bonchev–Trinajstić information content (AvgIpc) is 2.98. The molecule has 92 valence electrons. The van der Waals surface area contributed by atoms with Gasteiger partial charge >= 0.3 is 5.97 Å². The van der Waals surface area contributed by atoms with Gasteiger partial charge in [0, 0.05) is 0 Å². The standard InChI is InChI=1S/C13H22O3/c1-5-7-8-10(6-2)11-12(16-11)13(14)15-9(3)4/h8-9,11-12H,5-7H2,1-4H3/b10-8-/t11-,12-/m1/s1. The van der Waals surface area contributed by atoms with Crippen molar-refractivity contribution in [2.75, 3.05) is 0 Å². The molecular formula is C13H22O3. The normalized spacial score (nSPS) is 24.7. The van der Waals surface area contributed by atoms with Gasteiger partial charge in [-0.05, 0) is 32.3 Å². The Labute approximate surface area is 97.8 Å². The molecule has 0 aromatic carbocycles. The third-order valence-corrected chi connectivity index (χ3v) is 2.54. The second kappa shape index (κ2) is 6.04. The number of esters is 1. The van der Waals surface area contributed by atoms with Gasteiger partial charge in [-0.2, -0.15) is 0 Å². The van der Waals surface area contributed by atoms with Gasteiger partial charge in [-0.3, -0.25) is 0 Å². The second-order valence-electron chi connectivity index (χ2n) is 4.38. The maximum atomic E-state index is 11.5. The quantitative estimate of drug-likeness (QED) is 0.397. The first kappa shape index (κ1) is 13.2. The lowest BCUT2D eigenvalue weighted by Gasteiger charge is -2.05. The summed E-state index contributed by atoms with van der Waals surface area (Å²) in [7, 11) is 0. The molecule has 16 heavy (non-hydrogen) atoms. The van der Waals surface area contributed by atoms with Gasteiger partial charge < -0.3 is 9.47 Å². The molecule has 3 nitrogen and oxygen atoms in total. The molecule has 0 saturated carbocycles. The highest BCUT2D eigenvalue weighted by atomic mass is 16.6. The number of epoxide rings is 1. The van der Waals surface area contributed by atoms with Gasteiger partial charge in [0.05, 0.1) is 6.10 Å². The lowest BCUT2D eigenvalue weighted by molar-refractivity contribution is -0.148. The molecule has 0 N–H and O–H groups in total. The Morgan fingerprint density at radius 3 is 2.56 bits per heavy atom. The Morgan fingerprint density at radius 2 is 2.06 bits per heavy atom. The van der Waals surface area contributed by atoms with Gasteiger partial charge in [0.25, 0.3) is 0 Å². The monoisotopic (exact) mass is 226 g/mol. The molecule has 0 aliphatic carbocycles. The predicted octanol–water partition coefficient (Wildman–Crippen LogP) is 2.84. The molecule has 0 amide bonds. The molecule has 1 aliphatic rings. The van der Waals surface area contributed by atoms with Crippen LogP contribution < -0.4 is 0 Å². The third-order valence-electron chi connectivity index (χ3n) is 2.54. The predicted molar refractivity (Wildman–Crippen MR) is 63.2 cm³/mol. The van der Waals surface area contributed by atoms with E-state index in [1.807, 2.05) is 13.8 Å². The molecule has 0 bridgehead atoms. The van der Waals surface area contributed by atoms with Crippen molar-refractivity contribution < 1.29 is 14.3 Å². The van der Waals surface area contributed by atoms with Crippen LogP contribution in [0.1, 0.15) is 47.0 Å². The van der Waals surface area contributed by atoms with Crippen molar-refractivity contribution >= 4 is 5.97 Å². The minimum atomic E-state index is -0.356. The topological polar surface area (TPSA) is 38.8 Å². The summed E-state index contributed by atoms with van der Waals surface area (Å²) in [6.45, 7) is 7.93. The van der Waals surface area contributed by atoms with Crippen LogP contribution in [-0.2, 0) is 14.3 Å². The van der Waals surface area contributed by atoms with Crippen molar-refractivity contribution in [3.63, 3.8) is 0 Å². The summed E-state index contributed by atoms with van der Waals surface area (Å²) in [5, 5.41) is 0. The molecule has 1 saturated heterocycles. The van der Waals surface area contributed by atoms with Crippen LogP contribution in [0.2, 0.25) is 0 Å². The van der Waals surface area contributed by atoms with E-state index in [0.29, 0.717) is 0 Å². The smallest absolute Gasteiger partial charge is 0.338 e. The van der Waals surface area contributed by atoms with Crippen molar-refractivity contribution in [2.45, 2.75) is 65.3 Å². The van der Waals surface area contributed by atoms with Crippen LogP contribution in [0.25, 0.3) is 0 Å². The van der Waals surface area contributed by atoms with Gasteiger partial charge in [-0.15, -0.1) is 0 Å². The van der Waals surface area contributed by atoms with E-state index in [-0.39, 0.29) is 24.3 Å². The summed E-state index contributed by atoms with van der Waals surface area (Å²) in [6, 6.07) is 0. The fraction of sp³-hybridized carbons (Fsp3) is 0.769. The molecule has 1 heterocycles. The van der Waals surface area contributed by atoms with E-state index >= 15 is 0 Å². The van der Waals surface area contributed by atoms with Crippen LogP contribution in [0.5, 0.6) is 0 Å². The minimum absolute atomic E-state index is 0.0252. The number of carbonyl (C=O) groups excluding carboxylic acids is 1. The average molecular weight is 226 g/mol. The highest BCUT2D eigenvalue weighted by Crippen LogP contribution is 2.32. The molecule has 2 atom stereocenters. The van der Waals surface area contributed by atoms with Crippen LogP contribution in [0.3, 0.4) is 0 Å². The number of rotatable bonds is 6. The second-order valence-corrected chi connectivity index (χ2v) is 4.38. The lowest BCUT2D eigenvalue weighted by Crippen LogP contribution is -2.18. The van der Waals surface area contributed by atoms with Gasteiger partial charge in [0.1, 0.15) is 6.10 Å². The van der Waals surface area contributed by atoms with Crippen molar-refractivity contribution in [1.29, 1.82) is 0 Å². The zero-order chi connectivity index (χ0) is 12.1. The van der Waals surface area contributed by atoms with Crippen molar-refractivity contribution in [1.82, 2.24) is 0 Å². The first-order chi connectivity index (χ1) is 7.60. The zero-order valence-corrected chi connectivity index (χ0v) is 10.7. The Hall–Kier alpha value is -0.830. The summed E-state index contributed by atoms with van der Waals surface area (Å²) in [6.07, 6.45) is 4.85. The SMILES string of the molecule is CCC/C=C(/CC)[C@H]1O[C@H]1C(=O)OC(C)C. The third kappa shape index (κ3) is 3.63. The Balaban J connectivity index is 2.44. The van der Waals surface area contributed by atoms with Crippen LogP contribution >= 0.6 is 0 Å². The van der Waals surface area contributed by atoms with Crippen LogP contribution in [-0.4, -0.2) is 24.3 Å². The highest BCUT2D eigenvalue weighted by Gasteiger charge is 2.48. The molecule has 1 aliphatic heterocycles. The van der Waals surface area contributed by atoms with Gasteiger partial charge in [-0.25, -0.2) is 4.79 Å². The largest absolute Gasteiger partial charge is 0.461 e. The van der Waals surface area contributed by atoms with E-state index in [0.717, 1.165) is 19.3 Å². The highest BCUT2D eigenvalue weighted by molar-refractivity contribution is 5.79. The molecular weight excluding hydrogens is 204 g/mol. The molecule has 1 fully saturated rings. The molecule has 0 radical (unpaired) electrons. The first-order valence-electron chi connectivity index (χ1n) is 6.15. The van der Waals surface area contributed by atoms with Crippen LogP contribution in [0.15, 0.2) is 11.6 Å². The van der Waals surface area contributed by atoms with E-state index in [1.54, 1.807) is 0 Å². The summed E-state index contributed by atoms with van der Waals surface area (Å²) < 4.78 is 10.5. The van der Waals surface area contributed by atoms with E-state index in [9.17, 15) is 4.79 Å². The number of hydrogen-bond acceptors (Lipinski definition) is 3. The molecule has 0 aromatic heterocycles. The molecule has 0 aromatic rings. The maximum Gasteiger partial charge on any atom is 0.338 e. The van der Waals surface area contributed by atoms with E-state index in [4.69, 9.17) is 9.47 Å². The maximum absolute atomic E-state index is 11.5. The van der Waals surface area contributed by atoms with Crippen molar-refractivity contribution in [3.8, 4) is 0 Å². The van der Waals surface area contributed by atoms with Gasteiger partial charge in [-0.1, -0.05) is 26.3 Å². The van der Waals surface area contributed by atoms with Crippen LogP contribution in [0.4, 0.5) is 0 Å². The number of allylic oxidation sites excluding steroid dienone is 1. The summed E-state index contributed by atoms with van der Waals surface area (Å²) >= 11 is 0. The Morgan fingerprint density at radius 1 is 1.38 bits per heavy atom. The summed E-state index contributed by atoms with van der Waals surface area (Å²) in [5.74, 6) is -0.226. The van der Waals surface area contributed by atoms with Gasteiger partial charge in [0.15, 0.2) is 6.10 Å². The number of hydrogen-bond donors (Lipinski definition) is 0. The molecule has 0 spiro atoms. The molecule has 3 heteroatoms. The number of unbranched alkanes of at least 4 members (excludes halogenated alkanes) is 1. The van der Waals surface area contributed by atoms with E-state index < -0.39 is 0 Å². The van der Waals surface area contributed by atoms with Crippen molar-refractivity contribution in [3.05, 3.63) is 11.6 Å². The Bertz CT molecular complexity index is 268. The fourth-order valence-corrected chi connectivity index (χ4v) is 1.66. The Kier molecular flexibility index (Phi) is 5.00. The summed E-state index contributed by atoms with van der Waals surface area (Å²) in [5.41, 5.74) is 1.23. The minimum Gasteiger partial charge on any atom is -0.461 e. The van der Waals surface area contributed by atoms with E-state index in [1.165, 1.54) is 5.57 Å². The van der Waals surface area contributed by atoms with E-state index in [2.05, 4.69) is 19.9 Å². The number of carbonyl (C=O) groups is 1. The summed E-state index contributed by atoms with van der Waals surface area (Å²) in [4.78, 5) is 11.5. The molecule has 1 rings (SSSR count). The van der Waals surface area contributed by atoms with Crippen LogP contribution in [0, 0.1) is 0 Å². The van der Waals surface area contributed by atoms with Crippen molar-refractivity contribution in [2.24, 2.45) is 0 Å². The lowest BCUT2D eigenvalue weighted by atomic mass is 10.1.